The lowest BCUT2D eigenvalue weighted by Crippen LogP contribution is -2.45. The van der Waals surface area contributed by atoms with Crippen LogP contribution in [0.25, 0.3) is 0 Å². The normalized spacial score (nSPS) is 23.9. The first-order valence-electron chi connectivity index (χ1n) is 15.4. The summed E-state index contributed by atoms with van der Waals surface area (Å²) in [6, 6.07) is 17.5. The fourth-order valence-corrected chi connectivity index (χ4v) is 8.27. The highest BCUT2D eigenvalue weighted by molar-refractivity contribution is 8.93. The first-order chi connectivity index (χ1) is 19.9. The maximum atomic E-state index is 10.2. The van der Waals surface area contributed by atoms with E-state index in [4.69, 9.17) is 16.3 Å². The molecule has 2 aliphatic carbocycles. The topological polar surface area (TPSA) is 65.0 Å². The predicted molar refractivity (Wildman–Crippen MR) is 183 cm³/mol. The maximum Gasteiger partial charge on any atom is 0.160 e. The van der Waals surface area contributed by atoms with E-state index in [2.05, 4.69) is 35.3 Å². The molecule has 43 heavy (non-hydrogen) atoms. The Morgan fingerprint density at radius 1 is 0.930 bits per heavy atom. The number of benzene rings is 3. The van der Waals surface area contributed by atoms with Gasteiger partial charge in [-0.3, -0.25) is 4.90 Å². The van der Waals surface area contributed by atoms with Crippen LogP contribution in [0.1, 0.15) is 83.7 Å². The number of halogens is 3. The molecule has 3 N–H and O–H groups in total. The Bertz CT molecular complexity index is 1400. The number of methoxy groups -OCH3 is 1. The van der Waals surface area contributed by atoms with Crippen molar-refractivity contribution in [2.24, 2.45) is 0 Å². The van der Waals surface area contributed by atoms with Gasteiger partial charge in [0, 0.05) is 29.2 Å². The van der Waals surface area contributed by atoms with E-state index in [0.29, 0.717) is 23.9 Å². The molecular formula is C35H45BrCl2N2O3. The number of hydrogen-bond donors (Lipinski definition) is 3. The summed E-state index contributed by atoms with van der Waals surface area (Å²) in [6.07, 6.45) is 9.20. The molecule has 0 radical (unpaired) electrons. The van der Waals surface area contributed by atoms with Crippen LogP contribution in [0.5, 0.6) is 17.2 Å². The molecule has 7 rings (SSSR count). The molecule has 5 nitrogen and oxygen atoms in total. The van der Waals surface area contributed by atoms with Gasteiger partial charge in [-0.2, -0.15) is 0 Å². The molecule has 3 aromatic rings. The van der Waals surface area contributed by atoms with Gasteiger partial charge >= 0.3 is 0 Å². The van der Waals surface area contributed by atoms with E-state index in [0.717, 1.165) is 61.5 Å². The van der Waals surface area contributed by atoms with E-state index < -0.39 is 0 Å². The third kappa shape index (κ3) is 6.99. The highest BCUT2D eigenvalue weighted by Crippen LogP contribution is 2.46. The van der Waals surface area contributed by atoms with Gasteiger partial charge in [0.05, 0.1) is 7.11 Å². The van der Waals surface area contributed by atoms with Crippen molar-refractivity contribution in [2.45, 2.75) is 88.8 Å². The summed E-state index contributed by atoms with van der Waals surface area (Å²) in [5.41, 5.74) is 7.70. The zero-order chi connectivity index (χ0) is 28.5. The van der Waals surface area contributed by atoms with Crippen molar-refractivity contribution in [1.29, 1.82) is 0 Å². The standard InChI is InChI=1S/C20H22ClNO2.C15H21NO.BrH.ClH/c21-14-4-1-3-13(11-14)12-22-10-2-5-16-15-7-9-19(23)20(24)17(15)6-8-18(16)22;1-10-5-6-11-12-4-3-9-16-14(12)8-7-13(11)15(10)17-2;;/h1,3-4,7,9,11,16,18,23-24H,2,5-6,8,10,12H2;5-6,12,14,16H,3-4,7-9H2,1-2H3;2*1H/t16-,18-;12-,14-;;/m00../s1. The van der Waals surface area contributed by atoms with E-state index in [-0.39, 0.29) is 40.9 Å². The van der Waals surface area contributed by atoms with Crippen LogP contribution in [0, 0.1) is 6.92 Å². The second-order valence-electron chi connectivity index (χ2n) is 12.3. The summed E-state index contributed by atoms with van der Waals surface area (Å²) >= 11 is 6.13. The molecule has 0 spiro atoms. The number of nitrogens with zero attached hydrogens (tertiary/aromatic N) is 1. The molecule has 0 aromatic heterocycles. The number of phenols is 2. The number of aryl methyl sites for hydroxylation is 1. The number of hydrogen-bond acceptors (Lipinski definition) is 5. The molecule has 4 aliphatic rings. The van der Waals surface area contributed by atoms with Crippen molar-refractivity contribution in [3.63, 3.8) is 0 Å². The first-order valence-corrected chi connectivity index (χ1v) is 15.7. The highest BCUT2D eigenvalue weighted by atomic mass is 79.9. The van der Waals surface area contributed by atoms with Gasteiger partial charge in [0.15, 0.2) is 11.5 Å². The second kappa shape index (κ2) is 14.9. The number of nitrogens with one attached hydrogen (secondary N) is 1. The summed E-state index contributed by atoms with van der Waals surface area (Å²) < 4.78 is 5.60. The number of rotatable bonds is 3. The highest BCUT2D eigenvalue weighted by Gasteiger charge is 2.37. The smallest absolute Gasteiger partial charge is 0.160 e. The molecule has 4 atom stereocenters. The van der Waals surface area contributed by atoms with Crippen LogP contribution in [0.2, 0.25) is 5.02 Å². The Labute approximate surface area is 278 Å². The molecule has 0 saturated carbocycles. The van der Waals surface area contributed by atoms with Gasteiger partial charge in [0.2, 0.25) is 0 Å². The fraction of sp³-hybridized carbons (Fsp3) is 0.486. The largest absolute Gasteiger partial charge is 0.504 e. The first kappa shape index (κ1) is 33.9. The molecule has 234 valence electrons. The minimum atomic E-state index is -0.00112. The summed E-state index contributed by atoms with van der Waals surface area (Å²) in [6.45, 7) is 5.36. The minimum Gasteiger partial charge on any atom is -0.504 e. The Balaban J connectivity index is 0.000000198. The van der Waals surface area contributed by atoms with Crippen molar-refractivity contribution in [3.05, 3.63) is 86.9 Å². The van der Waals surface area contributed by atoms with Crippen molar-refractivity contribution in [3.8, 4) is 17.2 Å². The van der Waals surface area contributed by atoms with E-state index in [1.165, 1.54) is 53.6 Å². The average molecular weight is 693 g/mol. The van der Waals surface area contributed by atoms with E-state index in [1.807, 2.05) is 24.3 Å². The van der Waals surface area contributed by atoms with E-state index >= 15 is 0 Å². The van der Waals surface area contributed by atoms with Crippen LogP contribution in [-0.2, 0) is 19.4 Å². The molecule has 0 unspecified atom stereocenters. The Morgan fingerprint density at radius 2 is 1.67 bits per heavy atom. The van der Waals surface area contributed by atoms with Crippen molar-refractivity contribution < 1.29 is 14.9 Å². The molecule has 2 heterocycles. The third-order valence-corrected chi connectivity index (χ3v) is 10.2. The van der Waals surface area contributed by atoms with Crippen LogP contribution in [0.15, 0.2) is 48.5 Å². The molecule has 8 heteroatoms. The minimum absolute atomic E-state index is 0. The van der Waals surface area contributed by atoms with Crippen molar-refractivity contribution in [1.82, 2.24) is 10.2 Å². The number of ether oxygens (including phenoxy) is 1. The summed E-state index contributed by atoms with van der Waals surface area (Å²) in [5, 5.41) is 24.4. The van der Waals surface area contributed by atoms with Crippen LogP contribution in [0.4, 0.5) is 0 Å². The van der Waals surface area contributed by atoms with Crippen LogP contribution >= 0.6 is 41.0 Å². The van der Waals surface area contributed by atoms with E-state index in [9.17, 15) is 10.2 Å². The lowest BCUT2D eigenvalue weighted by atomic mass is 9.74. The summed E-state index contributed by atoms with van der Waals surface area (Å²) in [7, 11) is 1.80. The lowest BCUT2D eigenvalue weighted by Gasteiger charge is -2.45. The lowest BCUT2D eigenvalue weighted by molar-refractivity contribution is 0.104. The van der Waals surface area contributed by atoms with E-state index in [1.54, 1.807) is 13.2 Å². The van der Waals surface area contributed by atoms with Gasteiger partial charge in [-0.05, 0) is 129 Å². The number of fused-ring (bicyclic) bond motifs is 6. The zero-order valence-electron chi connectivity index (χ0n) is 25.2. The van der Waals surface area contributed by atoms with Gasteiger partial charge in [-0.1, -0.05) is 41.9 Å². The number of likely N-dealkylation sites (tertiary alicyclic amines) is 1. The van der Waals surface area contributed by atoms with Crippen molar-refractivity contribution >= 4 is 41.0 Å². The molecular weight excluding hydrogens is 647 g/mol. The fourth-order valence-electron chi connectivity index (χ4n) is 8.06. The quantitative estimate of drug-likeness (QED) is 0.242. The zero-order valence-corrected chi connectivity index (χ0v) is 28.4. The number of aromatic hydroxyl groups is 2. The molecule has 3 aromatic carbocycles. The molecule has 2 saturated heterocycles. The monoisotopic (exact) mass is 690 g/mol. The Hall–Kier alpha value is -1.96. The van der Waals surface area contributed by atoms with Gasteiger partial charge in [-0.25, -0.2) is 0 Å². The average Bonchev–Trinajstić information content (AvgIpc) is 2.99. The van der Waals surface area contributed by atoms with Crippen LogP contribution < -0.4 is 10.1 Å². The number of phenolic OH excluding ortho intramolecular Hbond substituents is 2. The van der Waals surface area contributed by atoms with Gasteiger partial charge in [0.25, 0.3) is 0 Å². The Morgan fingerprint density at radius 3 is 2.47 bits per heavy atom. The number of piperidine rings is 2. The maximum absolute atomic E-state index is 10.2. The molecule has 0 amide bonds. The SMILES string of the molecule is Br.COc1c(C)ccc2c1CC[C@@H]1NCCC[C@@H]21.Cl.Oc1ccc2c(c1O)CC[C@H]1[C@H]2CCCN1Cc1cccc(Cl)c1. The molecule has 0 bridgehead atoms. The molecule has 2 fully saturated rings. The predicted octanol–water partition coefficient (Wildman–Crippen LogP) is 8.23. The molecule has 2 aliphatic heterocycles. The second-order valence-corrected chi connectivity index (χ2v) is 12.7. The van der Waals surface area contributed by atoms with Gasteiger partial charge in [-0.15, -0.1) is 29.4 Å². The van der Waals surface area contributed by atoms with Gasteiger partial charge < -0.3 is 20.3 Å². The Kier molecular flexibility index (Phi) is 11.7. The van der Waals surface area contributed by atoms with Crippen LogP contribution in [-0.4, -0.2) is 47.4 Å². The van der Waals surface area contributed by atoms with Crippen LogP contribution in [0.3, 0.4) is 0 Å². The van der Waals surface area contributed by atoms with Crippen molar-refractivity contribution in [2.75, 3.05) is 20.2 Å². The van der Waals surface area contributed by atoms with Gasteiger partial charge in [0.1, 0.15) is 5.75 Å². The third-order valence-electron chi connectivity index (χ3n) is 9.94. The summed E-state index contributed by atoms with van der Waals surface area (Å²) in [5.74, 6) is 2.36. The summed E-state index contributed by atoms with van der Waals surface area (Å²) in [4.78, 5) is 2.56.